The molecule has 3 aromatic heterocycles. The number of hydrogen-bond acceptors (Lipinski definition) is 8. The highest BCUT2D eigenvalue weighted by molar-refractivity contribution is 7.08. The molecule has 13 heteroatoms. The summed E-state index contributed by atoms with van der Waals surface area (Å²) in [4.78, 5) is 31.1. The maximum atomic E-state index is 14.1. The van der Waals surface area contributed by atoms with Crippen molar-refractivity contribution in [1.29, 1.82) is 0 Å². The van der Waals surface area contributed by atoms with Crippen LogP contribution in [0.3, 0.4) is 0 Å². The fourth-order valence-electron chi connectivity index (χ4n) is 5.10. The number of amides is 1. The minimum atomic E-state index is -4.57. The number of anilines is 1. The number of imidazole rings is 1. The molecule has 0 unspecified atom stereocenters. The van der Waals surface area contributed by atoms with E-state index < -0.39 is 17.6 Å². The molecular weight excluding hydrogens is 591 g/mol. The van der Waals surface area contributed by atoms with Gasteiger partial charge in [-0.25, -0.2) is 9.97 Å². The lowest BCUT2D eigenvalue weighted by Crippen LogP contribution is -2.44. The summed E-state index contributed by atoms with van der Waals surface area (Å²) in [6.45, 7) is 4.93. The number of benzene rings is 2. The Labute approximate surface area is 255 Å². The van der Waals surface area contributed by atoms with Crippen LogP contribution in [0, 0.1) is 6.92 Å². The van der Waals surface area contributed by atoms with E-state index in [1.165, 1.54) is 29.5 Å². The normalized spacial score (nSPS) is 14.7. The number of nitrogens with one attached hydrogen (secondary N) is 1. The Kier molecular flexibility index (Phi) is 8.10. The van der Waals surface area contributed by atoms with Gasteiger partial charge in [-0.05, 0) is 60.8 Å². The molecule has 1 N–H and O–H groups in total. The largest absolute Gasteiger partial charge is 0.437 e. The van der Waals surface area contributed by atoms with Crippen molar-refractivity contribution in [3.8, 4) is 23.0 Å². The number of carbonyl (C=O) groups is 1. The highest BCUT2D eigenvalue weighted by Crippen LogP contribution is 2.35. The third-order valence-corrected chi connectivity index (χ3v) is 8.32. The lowest BCUT2D eigenvalue weighted by Gasteiger charge is -2.33. The maximum absolute atomic E-state index is 14.1. The van der Waals surface area contributed by atoms with Gasteiger partial charge in [0.1, 0.15) is 5.75 Å². The molecule has 1 saturated heterocycles. The summed E-state index contributed by atoms with van der Waals surface area (Å²) in [5.41, 5.74) is 2.23. The molecular formula is C31H30F3N7O2S. The van der Waals surface area contributed by atoms with Crippen molar-refractivity contribution >= 4 is 34.1 Å². The number of fused-ring (bicyclic) bond motifs is 1. The molecule has 6 rings (SSSR count). The Bertz CT molecular complexity index is 1810. The van der Waals surface area contributed by atoms with Crippen molar-refractivity contribution < 1.29 is 22.7 Å². The fraction of sp³-hybridized carbons (Fsp3) is 0.290. The van der Waals surface area contributed by atoms with Crippen LogP contribution < -0.4 is 10.1 Å². The van der Waals surface area contributed by atoms with Crippen molar-refractivity contribution in [1.82, 2.24) is 29.3 Å². The lowest BCUT2D eigenvalue weighted by atomic mass is 10.0. The highest BCUT2D eigenvalue weighted by atomic mass is 32.1. The van der Waals surface area contributed by atoms with Gasteiger partial charge in [-0.3, -0.25) is 9.69 Å². The number of piperazine rings is 1. The van der Waals surface area contributed by atoms with Gasteiger partial charge in [0.15, 0.2) is 17.0 Å². The number of likely N-dealkylation sites (N-methyl/N-ethyl adjacent to an activating group) is 1. The van der Waals surface area contributed by atoms with Crippen LogP contribution in [0.15, 0.2) is 59.6 Å². The summed E-state index contributed by atoms with van der Waals surface area (Å²) in [7, 11) is 3.82. The van der Waals surface area contributed by atoms with Crippen LogP contribution in [-0.4, -0.2) is 68.5 Å². The highest BCUT2D eigenvalue weighted by Gasteiger charge is 2.34. The van der Waals surface area contributed by atoms with Crippen LogP contribution in [0.1, 0.15) is 27.0 Å². The van der Waals surface area contributed by atoms with E-state index in [-0.39, 0.29) is 29.2 Å². The predicted octanol–water partition coefficient (Wildman–Crippen LogP) is 6.21. The molecule has 1 fully saturated rings. The number of alkyl halides is 3. The zero-order chi connectivity index (χ0) is 31.0. The molecule has 0 aliphatic carbocycles. The molecule has 1 amide bonds. The van der Waals surface area contributed by atoms with Crippen molar-refractivity contribution in [2.75, 3.05) is 38.5 Å². The summed E-state index contributed by atoms with van der Waals surface area (Å²) >= 11 is 1.52. The number of carbonyl (C=O) groups excluding carboxylic acids is 1. The summed E-state index contributed by atoms with van der Waals surface area (Å²) in [5.74, 6) is 0.454. The van der Waals surface area contributed by atoms with Crippen LogP contribution in [0.5, 0.6) is 11.6 Å². The van der Waals surface area contributed by atoms with Crippen LogP contribution in [-0.2, 0) is 19.8 Å². The van der Waals surface area contributed by atoms with Crippen LogP contribution in [0.4, 0.5) is 18.9 Å². The van der Waals surface area contributed by atoms with E-state index in [9.17, 15) is 18.0 Å². The van der Waals surface area contributed by atoms with Gasteiger partial charge in [-0.15, -0.1) is 0 Å². The first-order valence-electron chi connectivity index (χ1n) is 14.0. The lowest BCUT2D eigenvalue weighted by molar-refractivity contribution is -0.138. The van der Waals surface area contributed by atoms with E-state index in [1.54, 1.807) is 30.0 Å². The molecule has 0 spiro atoms. The van der Waals surface area contributed by atoms with Gasteiger partial charge in [0.05, 0.1) is 11.9 Å². The van der Waals surface area contributed by atoms with E-state index in [1.807, 2.05) is 35.8 Å². The Morgan fingerprint density at radius 1 is 1.05 bits per heavy atom. The van der Waals surface area contributed by atoms with Gasteiger partial charge in [-0.1, -0.05) is 12.1 Å². The average Bonchev–Trinajstić information content (AvgIpc) is 3.66. The van der Waals surface area contributed by atoms with Crippen LogP contribution in [0.2, 0.25) is 0 Å². The number of aromatic nitrogens is 4. The molecule has 228 valence electrons. The van der Waals surface area contributed by atoms with Gasteiger partial charge in [-0.2, -0.15) is 29.5 Å². The second-order valence-electron chi connectivity index (χ2n) is 10.9. The standard InChI is InChI=1S/C31H30F3N7O2S/c1-19-4-7-23(43-30-26-28(40(3)18-35-26)37-27(38-30)21-8-13-44-17-21)15-24(19)29(42)36-22-6-5-20(25(14-22)31(32,33)34)16-41-11-9-39(2)10-12-41/h4-8,13-15,17-18H,9-12,16H2,1-3H3,(H,36,42). The minimum absolute atomic E-state index is 0.0570. The summed E-state index contributed by atoms with van der Waals surface area (Å²) < 4.78 is 50.2. The molecule has 1 aliphatic rings. The SMILES string of the molecule is Cc1ccc(Oc2nc(-c3ccsc3)nc3c2ncn3C)cc1C(=O)Nc1ccc(CN2CCN(C)CC2)c(C(F)(F)F)c1. The van der Waals surface area contributed by atoms with Gasteiger partial charge in [0, 0.05) is 62.0 Å². The first-order valence-corrected chi connectivity index (χ1v) is 14.9. The molecule has 4 heterocycles. The molecule has 0 atom stereocenters. The molecule has 0 bridgehead atoms. The molecule has 5 aromatic rings. The Morgan fingerprint density at radius 2 is 1.84 bits per heavy atom. The number of nitrogens with zero attached hydrogens (tertiary/aromatic N) is 6. The quantitative estimate of drug-likeness (QED) is 0.231. The fourth-order valence-corrected chi connectivity index (χ4v) is 5.73. The van der Waals surface area contributed by atoms with Crippen molar-refractivity contribution in [2.24, 2.45) is 7.05 Å². The number of rotatable bonds is 7. The van der Waals surface area contributed by atoms with Crippen LogP contribution in [0.25, 0.3) is 22.6 Å². The zero-order valence-corrected chi connectivity index (χ0v) is 25.2. The van der Waals surface area contributed by atoms with Crippen molar-refractivity contribution in [3.63, 3.8) is 0 Å². The van der Waals surface area contributed by atoms with Gasteiger partial charge < -0.3 is 19.5 Å². The molecule has 44 heavy (non-hydrogen) atoms. The molecule has 1 aliphatic heterocycles. The first kappa shape index (κ1) is 29.7. The number of halogens is 3. The van der Waals surface area contributed by atoms with Crippen molar-refractivity contribution in [2.45, 2.75) is 19.6 Å². The van der Waals surface area contributed by atoms with Crippen molar-refractivity contribution in [3.05, 3.63) is 81.8 Å². The van der Waals surface area contributed by atoms with Gasteiger partial charge in [0.2, 0.25) is 0 Å². The van der Waals surface area contributed by atoms with E-state index in [0.717, 1.165) is 24.7 Å². The van der Waals surface area contributed by atoms with Gasteiger partial charge >= 0.3 is 6.18 Å². The topological polar surface area (TPSA) is 88.4 Å². The summed E-state index contributed by atoms with van der Waals surface area (Å²) in [6, 6.07) is 10.8. The molecule has 2 aromatic carbocycles. The number of thiophene rings is 1. The Balaban J connectivity index is 1.25. The number of ether oxygens (including phenoxy) is 1. The number of hydrogen-bond donors (Lipinski definition) is 1. The minimum Gasteiger partial charge on any atom is -0.437 e. The van der Waals surface area contributed by atoms with E-state index >= 15 is 0 Å². The first-order chi connectivity index (χ1) is 21.0. The molecule has 9 nitrogen and oxygen atoms in total. The smallest absolute Gasteiger partial charge is 0.416 e. The third-order valence-electron chi connectivity index (χ3n) is 7.64. The number of aryl methyl sites for hydroxylation is 2. The van der Waals surface area contributed by atoms with E-state index in [0.29, 0.717) is 41.4 Å². The maximum Gasteiger partial charge on any atom is 0.416 e. The summed E-state index contributed by atoms with van der Waals surface area (Å²) in [5, 5.41) is 6.50. The van der Waals surface area contributed by atoms with E-state index in [2.05, 4.69) is 25.2 Å². The molecule has 0 radical (unpaired) electrons. The van der Waals surface area contributed by atoms with E-state index in [4.69, 9.17) is 4.74 Å². The second kappa shape index (κ2) is 12.0. The Hall–Kier alpha value is -4.33. The zero-order valence-electron chi connectivity index (χ0n) is 24.4. The van der Waals surface area contributed by atoms with Gasteiger partial charge in [0.25, 0.3) is 11.8 Å². The third kappa shape index (κ3) is 6.30. The monoisotopic (exact) mass is 621 g/mol. The Morgan fingerprint density at radius 3 is 2.57 bits per heavy atom. The predicted molar refractivity (Wildman–Crippen MR) is 163 cm³/mol. The van der Waals surface area contributed by atoms with Crippen LogP contribution >= 0.6 is 11.3 Å². The average molecular weight is 622 g/mol. The second-order valence-corrected chi connectivity index (χ2v) is 11.7. The summed E-state index contributed by atoms with van der Waals surface area (Å²) in [6.07, 6.45) is -2.95. The molecule has 0 saturated carbocycles.